The van der Waals surface area contributed by atoms with Crippen molar-refractivity contribution in [2.24, 2.45) is 4.99 Å². The Hall–Kier alpha value is -2.99. The fraction of sp³-hybridized carbons (Fsp3) is 0.179. The van der Waals surface area contributed by atoms with Gasteiger partial charge in [-0.25, -0.2) is 0 Å². The summed E-state index contributed by atoms with van der Waals surface area (Å²) in [6, 6.07) is 23.6. The molecule has 7 nitrogen and oxygen atoms in total. The minimum atomic E-state index is -1.13. The first-order valence-electron chi connectivity index (χ1n) is 11.2. The minimum Gasteiger partial charge on any atom is -0.536 e. The van der Waals surface area contributed by atoms with E-state index in [1.54, 1.807) is 49.4 Å². The Morgan fingerprint density at radius 2 is 1.78 bits per heavy atom. The van der Waals surface area contributed by atoms with E-state index in [1.807, 2.05) is 36.4 Å². The van der Waals surface area contributed by atoms with Crippen LogP contribution in [0, 0.1) is 6.08 Å². The number of carbonyl (C=O) groups excluding carboxylic acids is 1. The second-order valence-corrected chi connectivity index (χ2v) is 8.37. The van der Waals surface area contributed by atoms with Crippen molar-refractivity contribution in [3.05, 3.63) is 117 Å². The first-order chi connectivity index (χ1) is 17.5. The molecule has 0 aliphatic heterocycles. The van der Waals surface area contributed by atoms with E-state index in [0.717, 1.165) is 10.0 Å². The average Bonchev–Trinajstić information content (AvgIpc) is 2.90. The summed E-state index contributed by atoms with van der Waals surface area (Å²) >= 11 is 3.44. The number of carbonyl (C=O) groups is 1. The summed E-state index contributed by atoms with van der Waals surface area (Å²) < 4.78 is 11.8. The van der Waals surface area contributed by atoms with Crippen molar-refractivity contribution in [1.29, 1.82) is 0 Å². The van der Waals surface area contributed by atoms with E-state index in [-0.39, 0.29) is 43.6 Å². The van der Waals surface area contributed by atoms with E-state index in [4.69, 9.17) is 9.47 Å². The molecule has 37 heavy (non-hydrogen) atoms. The molecule has 3 aromatic rings. The van der Waals surface area contributed by atoms with E-state index in [0.29, 0.717) is 23.3 Å². The number of rotatable bonds is 11. The summed E-state index contributed by atoms with van der Waals surface area (Å²) in [5, 5.41) is 22.6. The molecule has 1 unspecified atom stereocenters. The summed E-state index contributed by atoms with van der Waals surface area (Å²) in [6.45, 7) is 2.14. The molecule has 1 amide bonds. The van der Waals surface area contributed by atoms with Gasteiger partial charge in [-0.05, 0) is 17.0 Å². The van der Waals surface area contributed by atoms with Gasteiger partial charge in [-0.2, -0.15) is 6.21 Å². The smallest absolute Gasteiger partial charge is 0.536 e. The first kappa shape index (κ1) is 30.2. The van der Waals surface area contributed by atoms with Crippen molar-refractivity contribution in [2.75, 3.05) is 13.2 Å². The molecule has 0 heterocycles. The third kappa shape index (κ3) is 10.1. The molecule has 3 rings (SSSR count). The number of aliphatic imine (C=N–C) groups is 1. The van der Waals surface area contributed by atoms with Crippen LogP contribution in [0.15, 0.2) is 88.3 Å². The first-order valence-corrected chi connectivity index (χ1v) is 12.0. The van der Waals surface area contributed by atoms with Gasteiger partial charge in [-0.1, -0.05) is 99.9 Å². The molecule has 0 fully saturated rings. The monoisotopic (exact) mass is 553 g/mol. The molecule has 186 valence electrons. The quantitative estimate of drug-likeness (QED) is 0.0716. The Balaban J connectivity index is 0.00000481. The van der Waals surface area contributed by atoms with Gasteiger partial charge in [0.05, 0.1) is 6.54 Å². The van der Waals surface area contributed by atoms with Crippen molar-refractivity contribution in [3.8, 4) is 0 Å². The molecular weight excluding hydrogens is 529 g/mol. The third-order valence-corrected chi connectivity index (χ3v) is 5.28. The van der Waals surface area contributed by atoms with Crippen LogP contribution in [0.1, 0.15) is 29.2 Å². The molecule has 9 heteroatoms. The number of aliphatic hydroxyl groups excluding tert-OH is 1. The van der Waals surface area contributed by atoms with Crippen molar-refractivity contribution < 1.29 is 38.2 Å². The number of benzene rings is 3. The van der Waals surface area contributed by atoms with Crippen LogP contribution < -0.4 is 24.2 Å². The number of ether oxygens (including phenoxy) is 2. The fourth-order valence-electron chi connectivity index (χ4n) is 3.06. The molecule has 3 aromatic carbocycles. The number of aliphatic hydroxyl groups is 1. The standard InChI is InChI=1S/C28H25BrN3O4.Li/c1-2-35-27(34)18-31-26(33)16-25(36-19-20-9-5-3-6-10-20)24-14-13-23(29)15-22(24)17-32-28(30)21-11-7-4-8-12-21;/h3-15,27,34H,2,18-19H2,1H3,(H,31,33);/q-3;+1. The molecule has 0 aliphatic rings. The summed E-state index contributed by atoms with van der Waals surface area (Å²) in [5.41, 5.74) is 2.38. The SMILES string of the molecule is CCOC(O)CNC(=O)[C-]=C(OCc1ccccc1)c1ccc(Br)cc1[C-]=NC(=[N-])c1ccccc1.[Li+]. The Kier molecular flexibility index (Phi) is 13.1. The Morgan fingerprint density at radius 3 is 2.46 bits per heavy atom. The van der Waals surface area contributed by atoms with Crippen LogP contribution in [0.25, 0.3) is 11.2 Å². The normalized spacial score (nSPS) is 12.0. The van der Waals surface area contributed by atoms with E-state index >= 15 is 0 Å². The molecule has 1 atom stereocenters. The van der Waals surface area contributed by atoms with Gasteiger partial charge in [0.25, 0.3) is 0 Å². The van der Waals surface area contributed by atoms with Crippen LogP contribution in [-0.4, -0.2) is 42.5 Å². The zero-order chi connectivity index (χ0) is 25.8. The Morgan fingerprint density at radius 1 is 1.11 bits per heavy atom. The van der Waals surface area contributed by atoms with Gasteiger partial charge in [0, 0.05) is 12.4 Å². The van der Waals surface area contributed by atoms with E-state index in [2.05, 4.69) is 38.5 Å². The topological polar surface area (TPSA) is 102 Å². The summed E-state index contributed by atoms with van der Waals surface area (Å²) in [4.78, 5) is 16.7. The van der Waals surface area contributed by atoms with E-state index in [1.165, 1.54) is 0 Å². The predicted molar refractivity (Wildman–Crippen MR) is 143 cm³/mol. The molecule has 0 saturated carbocycles. The predicted octanol–water partition coefficient (Wildman–Crippen LogP) is 1.60. The zero-order valence-electron chi connectivity index (χ0n) is 20.6. The van der Waals surface area contributed by atoms with Gasteiger partial charge in [-0.3, -0.25) is 4.79 Å². The number of nitrogens with zero attached hydrogens (tertiary/aromatic N) is 2. The molecule has 0 aromatic heterocycles. The maximum atomic E-state index is 12.6. The molecular formula is C28H25BrLiN3O4-2. The maximum Gasteiger partial charge on any atom is 1.00 e. The van der Waals surface area contributed by atoms with Crippen LogP contribution in [0.5, 0.6) is 0 Å². The number of amides is 1. The van der Waals surface area contributed by atoms with Crippen LogP contribution >= 0.6 is 15.9 Å². The van der Waals surface area contributed by atoms with E-state index in [9.17, 15) is 15.3 Å². The van der Waals surface area contributed by atoms with Crippen molar-refractivity contribution >= 4 is 39.6 Å². The van der Waals surface area contributed by atoms with Gasteiger partial charge < -0.3 is 30.3 Å². The van der Waals surface area contributed by atoms with Crippen LogP contribution in [0.4, 0.5) is 0 Å². The number of nitrogens with one attached hydrogen (secondary N) is 1. The van der Waals surface area contributed by atoms with Crippen LogP contribution in [0.3, 0.4) is 0 Å². The van der Waals surface area contributed by atoms with Gasteiger partial charge in [0.2, 0.25) is 0 Å². The third-order valence-electron chi connectivity index (χ3n) is 4.79. The molecule has 0 radical (unpaired) electrons. The largest absolute Gasteiger partial charge is 1.00 e. The molecule has 0 aliphatic carbocycles. The fourth-order valence-corrected chi connectivity index (χ4v) is 3.42. The van der Waals surface area contributed by atoms with Crippen molar-refractivity contribution in [2.45, 2.75) is 19.8 Å². The van der Waals surface area contributed by atoms with E-state index < -0.39 is 12.2 Å². The Labute approximate surface area is 237 Å². The average molecular weight is 554 g/mol. The Bertz CT molecular complexity index is 1220. The summed E-state index contributed by atoms with van der Waals surface area (Å²) in [6.07, 6.45) is 4.41. The van der Waals surface area contributed by atoms with Crippen molar-refractivity contribution in [1.82, 2.24) is 5.32 Å². The second kappa shape index (κ2) is 16.0. The minimum absolute atomic E-state index is 0. The zero-order valence-corrected chi connectivity index (χ0v) is 22.2. The van der Waals surface area contributed by atoms with Crippen molar-refractivity contribution in [3.63, 3.8) is 0 Å². The molecule has 0 saturated heterocycles. The molecule has 2 N–H and O–H groups in total. The summed E-state index contributed by atoms with van der Waals surface area (Å²) in [5.74, 6) is -0.656. The van der Waals surface area contributed by atoms with Gasteiger partial charge in [0.15, 0.2) is 12.2 Å². The number of hydrogen-bond donors (Lipinski definition) is 2. The van der Waals surface area contributed by atoms with Crippen LogP contribution in [-0.2, 0) is 20.9 Å². The number of amidine groups is 1. The molecule has 0 spiro atoms. The van der Waals surface area contributed by atoms with Gasteiger partial charge >= 0.3 is 18.9 Å². The number of halogens is 1. The summed E-state index contributed by atoms with van der Waals surface area (Å²) in [7, 11) is 0. The maximum absolute atomic E-state index is 12.6. The second-order valence-electron chi connectivity index (χ2n) is 7.45. The van der Waals surface area contributed by atoms with Gasteiger partial charge in [-0.15, -0.1) is 23.5 Å². The van der Waals surface area contributed by atoms with Gasteiger partial charge in [0.1, 0.15) is 6.61 Å². The molecule has 0 bridgehead atoms. The number of hydrogen-bond acceptors (Lipinski definition) is 4. The van der Waals surface area contributed by atoms with Crippen LogP contribution in [0.2, 0.25) is 0 Å².